The first-order valence-corrected chi connectivity index (χ1v) is 3.69. The lowest BCUT2D eigenvalue weighted by molar-refractivity contribution is 0.807. The smallest absolute Gasteiger partial charge is 0.109 e. The van der Waals surface area contributed by atoms with Crippen molar-refractivity contribution in [2.45, 2.75) is 19.9 Å². The molecule has 0 aromatic carbocycles. The van der Waals surface area contributed by atoms with Crippen molar-refractivity contribution >= 4 is 23.7 Å². The van der Waals surface area contributed by atoms with Gasteiger partial charge in [-0.25, -0.2) is 4.98 Å². The van der Waals surface area contributed by atoms with E-state index in [0.29, 0.717) is 0 Å². The number of hydrogen-bond donors (Lipinski definition) is 1. The van der Waals surface area contributed by atoms with Crippen LogP contribution < -0.4 is 5.73 Å². The summed E-state index contributed by atoms with van der Waals surface area (Å²) >= 11 is 1.66. The van der Waals surface area contributed by atoms with E-state index in [1.165, 1.54) is 4.88 Å². The number of nitrogens with two attached hydrogens (primary N) is 1. The molecule has 0 fully saturated rings. The van der Waals surface area contributed by atoms with Gasteiger partial charge in [0.15, 0.2) is 0 Å². The van der Waals surface area contributed by atoms with Crippen LogP contribution in [0.5, 0.6) is 0 Å². The van der Waals surface area contributed by atoms with Crippen LogP contribution in [-0.2, 0) is 0 Å². The summed E-state index contributed by atoms with van der Waals surface area (Å²) in [5, 5.41) is 1.02. The zero-order chi connectivity index (χ0) is 6.85. The largest absolute Gasteiger partial charge is 0.322 e. The first-order chi connectivity index (χ1) is 4.20. The summed E-state index contributed by atoms with van der Waals surface area (Å²) < 4.78 is 0. The highest BCUT2D eigenvalue weighted by Gasteiger charge is 2.01. The van der Waals surface area contributed by atoms with E-state index in [1.807, 2.05) is 20.0 Å². The van der Waals surface area contributed by atoms with Gasteiger partial charge in [-0.05, 0) is 13.8 Å². The highest BCUT2D eigenvalue weighted by atomic mass is 35.5. The van der Waals surface area contributed by atoms with E-state index in [9.17, 15) is 0 Å². The third kappa shape index (κ3) is 2.25. The van der Waals surface area contributed by atoms with E-state index in [-0.39, 0.29) is 18.4 Å². The van der Waals surface area contributed by atoms with Crippen molar-refractivity contribution in [1.82, 2.24) is 4.98 Å². The van der Waals surface area contributed by atoms with E-state index >= 15 is 0 Å². The molecule has 0 spiro atoms. The second kappa shape index (κ2) is 3.91. The van der Waals surface area contributed by atoms with Crippen LogP contribution in [0.2, 0.25) is 0 Å². The minimum Gasteiger partial charge on any atom is -0.322 e. The van der Waals surface area contributed by atoms with Crippen LogP contribution in [0, 0.1) is 6.92 Å². The highest BCUT2D eigenvalue weighted by Crippen LogP contribution is 2.16. The van der Waals surface area contributed by atoms with Gasteiger partial charge in [0, 0.05) is 11.1 Å². The quantitative estimate of drug-likeness (QED) is 0.714. The number of rotatable bonds is 1. The molecular weight excluding hydrogens is 168 g/mol. The number of thiazole rings is 1. The Bertz CT molecular complexity index is 197. The van der Waals surface area contributed by atoms with Gasteiger partial charge in [-0.15, -0.1) is 23.7 Å². The summed E-state index contributed by atoms with van der Waals surface area (Å²) in [6.45, 7) is 3.97. The second-order valence-electron chi connectivity index (χ2n) is 2.10. The molecule has 0 bridgehead atoms. The summed E-state index contributed by atoms with van der Waals surface area (Å²) in [4.78, 5) is 5.33. The van der Waals surface area contributed by atoms with Crippen LogP contribution >= 0.6 is 23.7 Å². The number of hydrogen-bond acceptors (Lipinski definition) is 3. The molecule has 1 heterocycles. The topological polar surface area (TPSA) is 38.9 Å². The SMILES string of the molecule is Cc1cnc([C@@H](C)N)s1.Cl. The van der Waals surface area contributed by atoms with Crippen LogP contribution in [0.1, 0.15) is 22.9 Å². The molecule has 4 heteroatoms. The van der Waals surface area contributed by atoms with Crippen LogP contribution in [0.25, 0.3) is 0 Å². The zero-order valence-electron chi connectivity index (χ0n) is 6.00. The Morgan fingerprint density at radius 2 is 2.30 bits per heavy atom. The van der Waals surface area contributed by atoms with Crippen molar-refractivity contribution in [2.24, 2.45) is 5.73 Å². The van der Waals surface area contributed by atoms with Crippen molar-refractivity contribution < 1.29 is 0 Å². The van der Waals surface area contributed by atoms with Crippen molar-refractivity contribution in [3.05, 3.63) is 16.1 Å². The number of nitrogens with zero attached hydrogens (tertiary/aromatic N) is 1. The molecule has 0 aliphatic heterocycles. The maximum absolute atomic E-state index is 5.57. The Balaban J connectivity index is 0.000000810. The molecule has 2 N–H and O–H groups in total. The van der Waals surface area contributed by atoms with Crippen LogP contribution in [0.15, 0.2) is 6.20 Å². The fraction of sp³-hybridized carbons (Fsp3) is 0.500. The monoisotopic (exact) mass is 178 g/mol. The summed E-state index contributed by atoms with van der Waals surface area (Å²) in [5.74, 6) is 0. The van der Waals surface area contributed by atoms with Gasteiger partial charge in [-0.3, -0.25) is 0 Å². The molecule has 0 radical (unpaired) electrons. The molecule has 10 heavy (non-hydrogen) atoms. The molecule has 1 atom stereocenters. The average molecular weight is 179 g/mol. The minimum absolute atomic E-state index is 0. The van der Waals surface area contributed by atoms with Gasteiger partial charge < -0.3 is 5.73 Å². The van der Waals surface area contributed by atoms with Crippen LogP contribution in [0.3, 0.4) is 0 Å². The Kier molecular flexibility index (Phi) is 3.86. The summed E-state index contributed by atoms with van der Waals surface area (Å²) in [6, 6.07) is 0.0868. The third-order valence-corrected chi connectivity index (χ3v) is 2.14. The number of halogens is 1. The molecule has 0 aliphatic carbocycles. The highest BCUT2D eigenvalue weighted by molar-refractivity contribution is 7.11. The standard InChI is InChI=1S/C6H10N2S.ClH/c1-4-3-8-6(9-4)5(2)7;/h3,5H,7H2,1-2H3;1H/t5-;/m1./s1. The lowest BCUT2D eigenvalue weighted by Crippen LogP contribution is -2.03. The van der Waals surface area contributed by atoms with E-state index in [2.05, 4.69) is 4.98 Å². The van der Waals surface area contributed by atoms with Crippen molar-refractivity contribution in [1.29, 1.82) is 0 Å². The molecule has 0 aliphatic rings. The van der Waals surface area contributed by atoms with Crippen LogP contribution in [-0.4, -0.2) is 4.98 Å². The van der Waals surface area contributed by atoms with Crippen molar-refractivity contribution in [2.75, 3.05) is 0 Å². The molecule has 1 aromatic rings. The molecule has 0 amide bonds. The third-order valence-electron chi connectivity index (χ3n) is 1.03. The van der Waals surface area contributed by atoms with Crippen LogP contribution in [0.4, 0.5) is 0 Å². The Hall–Kier alpha value is -0.120. The van der Waals surface area contributed by atoms with Crippen molar-refractivity contribution in [3.8, 4) is 0 Å². The van der Waals surface area contributed by atoms with Gasteiger partial charge >= 0.3 is 0 Å². The second-order valence-corrected chi connectivity index (χ2v) is 3.36. The lowest BCUT2D eigenvalue weighted by Gasteiger charge is -1.95. The number of aromatic nitrogens is 1. The van der Waals surface area contributed by atoms with Crippen molar-refractivity contribution in [3.63, 3.8) is 0 Å². The predicted molar refractivity (Wildman–Crippen MR) is 46.7 cm³/mol. The van der Waals surface area contributed by atoms with Gasteiger partial charge in [0.05, 0.1) is 6.04 Å². The molecule has 1 aromatic heterocycles. The van der Waals surface area contributed by atoms with E-state index < -0.39 is 0 Å². The Morgan fingerprint density at radius 1 is 1.70 bits per heavy atom. The average Bonchev–Trinajstić information content (AvgIpc) is 2.14. The molecule has 58 valence electrons. The Labute approximate surface area is 70.9 Å². The molecule has 2 nitrogen and oxygen atoms in total. The molecule has 1 rings (SSSR count). The fourth-order valence-electron chi connectivity index (χ4n) is 0.583. The van der Waals surface area contributed by atoms with Gasteiger partial charge in [-0.2, -0.15) is 0 Å². The predicted octanol–water partition coefficient (Wildman–Crippen LogP) is 1.89. The normalized spacial score (nSPS) is 12.3. The Morgan fingerprint density at radius 3 is 2.50 bits per heavy atom. The number of aryl methyl sites for hydroxylation is 1. The maximum atomic E-state index is 5.57. The summed E-state index contributed by atoms with van der Waals surface area (Å²) in [7, 11) is 0. The lowest BCUT2D eigenvalue weighted by atomic mass is 10.4. The molecule has 0 unspecified atom stereocenters. The molecule has 0 saturated heterocycles. The molecular formula is C6H11ClN2S. The van der Waals surface area contributed by atoms with Gasteiger partial charge in [0.25, 0.3) is 0 Å². The fourth-order valence-corrected chi connectivity index (χ4v) is 1.31. The van der Waals surface area contributed by atoms with Gasteiger partial charge in [0.2, 0.25) is 0 Å². The summed E-state index contributed by atoms with van der Waals surface area (Å²) in [5.41, 5.74) is 5.57. The van der Waals surface area contributed by atoms with E-state index in [0.717, 1.165) is 5.01 Å². The van der Waals surface area contributed by atoms with E-state index in [1.54, 1.807) is 11.3 Å². The molecule has 0 saturated carbocycles. The minimum atomic E-state index is 0. The van der Waals surface area contributed by atoms with E-state index in [4.69, 9.17) is 5.73 Å². The first-order valence-electron chi connectivity index (χ1n) is 2.88. The summed E-state index contributed by atoms with van der Waals surface area (Å²) in [6.07, 6.45) is 1.85. The van der Waals surface area contributed by atoms with Gasteiger partial charge in [0.1, 0.15) is 5.01 Å². The van der Waals surface area contributed by atoms with Gasteiger partial charge in [-0.1, -0.05) is 0 Å². The zero-order valence-corrected chi connectivity index (χ0v) is 7.63. The first kappa shape index (κ1) is 9.88. The maximum Gasteiger partial charge on any atom is 0.109 e.